The summed E-state index contributed by atoms with van der Waals surface area (Å²) in [6, 6.07) is 14.9. The number of carbonyl (C=O) groups is 3. The Kier molecular flexibility index (Phi) is 5.09. The number of carbonyl (C=O) groups excluding carboxylic acids is 3. The zero-order valence-corrected chi connectivity index (χ0v) is 16.5. The summed E-state index contributed by atoms with van der Waals surface area (Å²) < 4.78 is 0. The molecule has 0 spiro atoms. The van der Waals surface area contributed by atoms with Crippen LogP contribution in [0.25, 0.3) is 0 Å². The van der Waals surface area contributed by atoms with Gasteiger partial charge in [0.25, 0.3) is 0 Å². The minimum absolute atomic E-state index is 0.0581. The molecule has 2 aliphatic heterocycles. The van der Waals surface area contributed by atoms with E-state index in [4.69, 9.17) is 5.73 Å². The van der Waals surface area contributed by atoms with E-state index in [2.05, 4.69) is 0 Å². The second-order valence-corrected chi connectivity index (χ2v) is 7.74. The number of primary amides is 1. The molecule has 0 saturated carbocycles. The molecule has 4 rings (SSSR count). The lowest BCUT2D eigenvalue weighted by Gasteiger charge is -2.36. The summed E-state index contributed by atoms with van der Waals surface area (Å²) in [6.07, 6.45) is 1.38. The number of hydrogen-bond donors (Lipinski definition) is 1. The van der Waals surface area contributed by atoms with Gasteiger partial charge in [-0.05, 0) is 29.2 Å². The van der Waals surface area contributed by atoms with Crippen molar-refractivity contribution in [2.75, 3.05) is 11.4 Å². The lowest BCUT2D eigenvalue weighted by molar-refractivity contribution is -0.143. The number of para-hydroxylation sites is 1. The highest BCUT2D eigenvalue weighted by atomic mass is 16.2. The Morgan fingerprint density at radius 3 is 2.45 bits per heavy atom. The molecule has 0 bridgehead atoms. The Morgan fingerprint density at radius 2 is 1.72 bits per heavy atom. The van der Waals surface area contributed by atoms with E-state index in [1.54, 1.807) is 9.80 Å². The van der Waals surface area contributed by atoms with Gasteiger partial charge in [-0.15, -0.1) is 0 Å². The van der Waals surface area contributed by atoms with Crippen LogP contribution in [0.5, 0.6) is 0 Å². The lowest BCUT2D eigenvalue weighted by atomic mass is 9.92. The molecule has 1 fully saturated rings. The molecule has 29 heavy (non-hydrogen) atoms. The SMILES string of the molecule is CCc1ccccc1N1C[C@H](C(=O)N2Cc3ccccc3C[C@@H]2C(N)=O)CC1=O. The Labute approximate surface area is 170 Å². The van der Waals surface area contributed by atoms with Crippen LogP contribution in [-0.4, -0.2) is 35.2 Å². The Morgan fingerprint density at radius 1 is 1.03 bits per heavy atom. The van der Waals surface area contributed by atoms with Gasteiger partial charge in [0.05, 0.1) is 5.92 Å². The number of nitrogens with zero attached hydrogens (tertiary/aromatic N) is 2. The number of hydrogen-bond acceptors (Lipinski definition) is 3. The largest absolute Gasteiger partial charge is 0.368 e. The Hall–Kier alpha value is -3.15. The molecule has 0 radical (unpaired) electrons. The topological polar surface area (TPSA) is 83.7 Å². The van der Waals surface area contributed by atoms with E-state index in [0.29, 0.717) is 19.5 Å². The third kappa shape index (κ3) is 3.50. The summed E-state index contributed by atoms with van der Waals surface area (Å²) in [5.74, 6) is -1.21. The molecule has 0 unspecified atom stereocenters. The van der Waals surface area contributed by atoms with E-state index < -0.39 is 17.9 Å². The van der Waals surface area contributed by atoms with E-state index in [1.807, 2.05) is 55.5 Å². The van der Waals surface area contributed by atoms with Gasteiger partial charge < -0.3 is 15.5 Å². The van der Waals surface area contributed by atoms with Crippen LogP contribution < -0.4 is 10.6 Å². The van der Waals surface area contributed by atoms with Gasteiger partial charge in [0.1, 0.15) is 6.04 Å². The summed E-state index contributed by atoms with van der Waals surface area (Å²) in [5, 5.41) is 0. The van der Waals surface area contributed by atoms with Crippen molar-refractivity contribution in [2.24, 2.45) is 11.7 Å². The van der Waals surface area contributed by atoms with Crippen LogP contribution in [0.2, 0.25) is 0 Å². The highest BCUT2D eigenvalue weighted by Crippen LogP contribution is 2.31. The molecule has 150 valence electrons. The molecule has 3 amide bonds. The van der Waals surface area contributed by atoms with Crippen LogP contribution in [-0.2, 0) is 33.8 Å². The minimum atomic E-state index is -0.676. The zero-order chi connectivity index (χ0) is 20.5. The molecular formula is C23H25N3O3. The second kappa shape index (κ2) is 7.70. The number of benzene rings is 2. The van der Waals surface area contributed by atoms with Gasteiger partial charge in [0.2, 0.25) is 17.7 Å². The fraction of sp³-hybridized carbons (Fsp3) is 0.348. The molecule has 2 atom stereocenters. The highest BCUT2D eigenvalue weighted by molar-refractivity contribution is 6.01. The molecule has 0 aromatic heterocycles. The molecular weight excluding hydrogens is 366 g/mol. The fourth-order valence-corrected chi connectivity index (χ4v) is 4.42. The molecule has 2 aromatic rings. The molecule has 1 saturated heterocycles. The number of nitrogens with two attached hydrogens (primary N) is 1. The standard InChI is InChI=1S/C23H25N3O3/c1-2-15-7-5-6-10-19(15)25-14-18(12-21(25)27)23(29)26-13-17-9-4-3-8-16(17)11-20(26)22(24)28/h3-10,18,20H,2,11-14H2,1H3,(H2,24,28)/t18-,20-/m1/s1. The third-order valence-corrected chi connectivity index (χ3v) is 6.00. The van der Waals surface area contributed by atoms with Crippen molar-refractivity contribution in [2.45, 2.75) is 38.8 Å². The average Bonchev–Trinajstić information content (AvgIpc) is 3.13. The first-order chi connectivity index (χ1) is 14.0. The second-order valence-electron chi connectivity index (χ2n) is 7.74. The van der Waals surface area contributed by atoms with Crippen LogP contribution in [0, 0.1) is 5.92 Å². The molecule has 2 N–H and O–H groups in total. The number of anilines is 1. The van der Waals surface area contributed by atoms with Crippen molar-refractivity contribution in [3.63, 3.8) is 0 Å². The van der Waals surface area contributed by atoms with Gasteiger partial charge in [0.15, 0.2) is 0 Å². The van der Waals surface area contributed by atoms with Crippen LogP contribution in [0.15, 0.2) is 48.5 Å². The zero-order valence-electron chi connectivity index (χ0n) is 16.5. The first kappa shape index (κ1) is 19.2. The number of aryl methyl sites for hydroxylation is 1. The number of fused-ring (bicyclic) bond motifs is 1. The van der Waals surface area contributed by atoms with Gasteiger partial charge in [-0.1, -0.05) is 49.4 Å². The Bertz CT molecular complexity index is 971. The molecule has 0 aliphatic carbocycles. The Balaban J connectivity index is 1.58. The quantitative estimate of drug-likeness (QED) is 0.866. The predicted octanol–water partition coefficient (Wildman–Crippen LogP) is 2.04. The average molecular weight is 391 g/mol. The number of rotatable bonds is 4. The maximum absolute atomic E-state index is 13.3. The lowest BCUT2D eigenvalue weighted by Crippen LogP contribution is -2.53. The van der Waals surface area contributed by atoms with Crippen molar-refractivity contribution in [3.05, 3.63) is 65.2 Å². The van der Waals surface area contributed by atoms with Gasteiger partial charge in [-0.25, -0.2) is 0 Å². The summed E-state index contributed by atoms with van der Waals surface area (Å²) in [6.45, 7) is 2.72. The third-order valence-electron chi connectivity index (χ3n) is 6.00. The minimum Gasteiger partial charge on any atom is -0.368 e. The van der Waals surface area contributed by atoms with Gasteiger partial charge in [-0.3, -0.25) is 14.4 Å². The predicted molar refractivity (Wildman–Crippen MR) is 110 cm³/mol. The van der Waals surface area contributed by atoms with Crippen LogP contribution >= 0.6 is 0 Å². The maximum atomic E-state index is 13.3. The summed E-state index contributed by atoms with van der Waals surface area (Å²) in [4.78, 5) is 41.4. The van der Waals surface area contributed by atoms with E-state index >= 15 is 0 Å². The van der Waals surface area contributed by atoms with Crippen LogP contribution in [0.4, 0.5) is 5.69 Å². The summed E-state index contributed by atoms with van der Waals surface area (Å²) >= 11 is 0. The monoisotopic (exact) mass is 391 g/mol. The number of amides is 3. The van der Waals surface area contributed by atoms with Crippen molar-refractivity contribution in [3.8, 4) is 0 Å². The fourth-order valence-electron chi connectivity index (χ4n) is 4.42. The molecule has 6 nitrogen and oxygen atoms in total. The van der Waals surface area contributed by atoms with E-state index in [9.17, 15) is 14.4 Å². The van der Waals surface area contributed by atoms with E-state index in [1.165, 1.54) is 0 Å². The molecule has 6 heteroatoms. The van der Waals surface area contributed by atoms with Crippen molar-refractivity contribution < 1.29 is 14.4 Å². The van der Waals surface area contributed by atoms with Crippen molar-refractivity contribution in [1.82, 2.24) is 4.90 Å². The van der Waals surface area contributed by atoms with Gasteiger partial charge in [0, 0.05) is 31.6 Å². The van der Waals surface area contributed by atoms with Gasteiger partial charge >= 0.3 is 0 Å². The van der Waals surface area contributed by atoms with E-state index in [-0.39, 0.29) is 18.2 Å². The molecule has 2 aromatic carbocycles. The first-order valence-corrected chi connectivity index (χ1v) is 10.0. The molecule has 2 heterocycles. The van der Waals surface area contributed by atoms with Crippen molar-refractivity contribution in [1.29, 1.82) is 0 Å². The normalized spacial score (nSPS) is 21.2. The van der Waals surface area contributed by atoms with E-state index in [0.717, 1.165) is 28.8 Å². The maximum Gasteiger partial charge on any atom is 0.240 e. The van der Waals surface area contributed by atoms with Crippen molar-refractivity contribution >= 4 is 23.4 Å². The molecule has 2 aliphatic rings. The van der Waals surface area contributed by atoms with Gasteiger partial charge in [-0.2, -0.15) is 0 Å². The summed E-state index contributed by atoms with van der Waals surface area (Å²) in [7, 11) is 0. The smallest absolute Gasteiger partial charge is 0.240 e. The first-order valence-electron chi connectivity index (χ1n) is 10.0. The van der Waals surface area contributed by atoms with Crippen LogP contribution in [0.1, 0.15) is 30.0 Å². The summed E-state index contributed by atoms with van der Waals surface area (Å²) in [5.41, 5.74) is 9.64. The highest BCUT2D eigenvalue weighted by Gasteiger charge is 2.41. The van der Waals surface area contributed by atoms with Crippen LogP contribution in [0.3, 0.4) is 0 Å².